The van der Waals surface area contributed by atoms with Gasteiger partial charge in [-0.3, -0.25) is 10.1 Å². The lowest BCUT2D eigenvalue weighted by molar-refractivity contribution is -0.384. The van der Waals surface area contributed by atoms with Gasteiger partial charge in [-0.05, 0) is 25.3 Å². The number of benzene rings is 1. The number of thioether (sulfide) groups is 1. The van der Waals surface area contributed by atoms with Crippen molar-refractivity contribution in [2.24, 2.45) is 0 Å². The lowest BCUT2D eigenvalue weighted by Gasteiger charge is -2.25. The SMILES string of the molecule is Cc1nnc(SCc2ccc([N+](=O)[O-])cc2)n1C1CCCCC1. The maximum Gasteiger partial charge on any atom is 0.269 e. The van der Waals surface area contributed by atoms with Gasteiger partial charge in [0.1, 0.15) is 5.82 Å². The maximum absolute atomic E-state index is 10.7. The Bertz CT molecular complexity index is 678. The molecule has 6 nitrogen and oxygen atoms in total. The van der Waals surface area contributed by atoms with E-state index in [4.69, 9.17) is 0 Å². The summed E-state index contributed by atoms with van der Waals surface area (Å²) >= 11 is 1.65. The summed E-state index contributed by atoms with van der Waals surface area (Å²) in [5.41, 5.74) is 1.18. The van der Waals surface area contributed by atoms with Crippen LogP contribution in [0.25, 0.3) is 0 Å². The van der Waals surface area contributed by atoms with E-state index < -0.39 is 0 Å². The molecule has 1 aromatic heterocycles. The van der Waals surface area contributed by atoms with E-state index in [9.17, 15) is 10.1 Å². The topological polar surface area (TPSA) is 73.8 Å². The van der Waals surface area contributed by atoms with Crippen LogP contribution in [-0.4, -0.2) is 19.7 Å². The van der Waals surface area contributed by atoms with Gasteiger partial charge in [0.25, 0.3) is 5.69 Å². The van der Waals surface area contributed by atoms with Gasteiger partial charge in [-0.1, -0.05) is 43.2 Å². The Balaban J connectivity index is 1.69. The van der Waals surface area contributed by atoms with Gasteiger partial charge in [0.05, 0.1) is 4.92 Å². The predicted octanol–water partition coefficient (Wildman–Crippen LogP) is 4.29. The van der Waals surface area contributed by atoms with Gasteiger partial charge in [0.15, 0.2) is 5.16 Å². The molecule has 1 aromatic carbocycles. The third kappa shape index (κ3) is 3.72. The summed E-state index contributed by atoms with van der Waals surface area (Å²) in [5, 5.41) is 20.2. The number of nitro groups is 1. The van der Waals surface area contributed by atoms with Crippen molar-refractivity contribution in [2.75, 3.05) is 0 Å². The average Bonchev–Trinajstić information content (AvgIpc) is 2.95. The van der Waals surface area contributed by atoms with E-state index in [1.54, 1.807) is 36.0 Å². The Morgan fingerprint density at radius 3 is 2.57 bits per heavy atom. The van der Waals surface area contributed by atoms with Gasteiger partial charge in [-0.15, -0.1) is 10.2 Å². The largest absolute Gasteiger partial charge is 0.303 e. The van der Waals surface area contributed by atoms with Crippen molar-refractivity contribution in [3.63, 3.8) is 0 Å². The molecule has 23 heavy (non-hydrogen) atoms. The molecule has 1 aliphatic carbocycles. The fourth-order valence-electron chi connectivity index (χ4n) is 3.07. The molecular weight excluding hydrogens is 312 g/mol. The molecule has 1 aliphatic rings. The highest BCUT2D eigenvalue weighted by molar-refractivity contribution is 7.98. The molecule has 0 bridgehead atoms. The lowest BCUT2D eigenvalue weighted by atomic mass is 9.95. The molecule has 0 unspecified atom stereocenters. The molecule has 0 saturated heterocycles. The Hall–Kier alpha value is -1.89. The predicted molar refractivity (Wildman–Crippen MR) is 89.5 cm³/mol. The minimum absolute atomic E-state index is 0.125. The molecule has 1 heterocycles. The first-order valence-corrected chi connectivity index (χ1v) is 8.91. The van der Waals surface area contributed by atoms with Gasteiger partial charge >= 0.3 is 0 Å². The number of aromatic nitrogens is 3. The summed E-state index contributed by atoms with van der Waals surface area (Å²) in [6.45, 7) is 2.01. The molecule has 0 amide bonds. The zero-order chi connectivity index (χ0) is 16.2. The minimum Gasteiger partial charge on any atom is -0.303 e. The van der Waals surface area contributed by atoms with E-state index >= 15 is 0 Å². The van der Waals surface area contributed by atoms with Crippen molar-refractivity contribution in [1.82, 2.24) is 14.8 Å². The van der Waals surface area contributed by atoms with E-state index in [1.807, 2.05) is 6.92 Å². The molecule has 2 aromatic rings. The second-order valence-corrected chi connectivity index (χ2v) is 6.85. The number of hydrogen-bond acceptors (Lipinski definition) is 5. The first kappa shape index (κ1) is 16.0. The van der Waals surface area contributed by atoms with Gasteiger partial charge < -0.3 is 4.57 Å². The summed E-state index contributed by atoms with van der Waals surface area (Å²) in [5.74, 6) is 1.71. The van der Waals surface area contributed by atoms with Crippen molar-refractivity contribution in [1.29, 1.82) is 0 Å². The first-order chi connectivity index (χ1) is 11.1. The van der Waals surface area contributed by atoms with Crippen LogP contribution in [-0.2, 0) is 5.75 Å². The minimum atomic E-state index is -0.375. The fourth-order valence-corrected chi connectivity index (χ4v) is 4.08. The highest BCUT2D eigenvalue weighted by Crippen LogP contribution is 2.33. The number of hydrogen-bond donors (Lipinski definition) is 0. The van der Waals surface area contributed by atoms with Crippen molar-refractivity contribution < 1.29 is 4.92 Å². The Morgan fingerprint density at radius 2 is 1.91 bits per heavy atom. The third-order valence-corrected chi connectivity index (χ3v) is 5.30. The van der Waals surface area contributed by atoms with Crippen LogP contribution in [0.2, 0.25) is 0 Å². The van der Waals surface area contributed by atoms with Crippen LogP contribution in [0.4, 0.5) is 5.69 Å². The zero-order valence-corrected chi connectivity index (χ0v) is 14.0. The molecule has 122 valence electrons. The summed E-state index contributed by atoms with van der Waals surface area (Å²) in [6.07, 6.45) is 6.26. The number of nitrogens with zero attached hydrogens (tertiary/aromatic N) is 4. The van der Waals surface area contributed by atoms with Gasteiger partial charge in [0, 0.05) is 23.9 Å². The van der Waals surface area contributed by atoms with Crippen LogP contribution in [0.5, 0.6) is 0 Å². The molecule has 0 radical (unpaired) electrons. The highest BCUT2D eigenvalue weighted by atomic mass is 32.2. The summed E-state index contributed by atoms with van der Waals surface area (Å²) in [6, 6.07) is 7.22. The number of non-ortho nitro benzene ring substituents is 1. The first-order valence-electron chi connectivity index (χ1n) is 7.93. The normalized spacial score (nSPS) is 15.7. The lowest BCUT2D eigenvalue weighted by Crippen LogP contribution is -2.15. The molecule has 3 rings (SSSR count). The van der Waals surface area contributed by atoms with E-state index in [2.05, 4.69) is 14.8 Å². The summed E-state index contributed by atoms with van der Waals surface area (Å²) < 4.78 is 2.27. The Morgan fingerprint density at radius 1 is 1.22 bits per heavy atom. The molecule has 0 aliphatic heterocycles. The van der Waals surface area contributed by atoms with Crippen molar-refractivity contribution in [3.8, 4) is 0 Å². The summed E-state index contributed by atoms with van der Waals surface area (Å²) in [4.78, 5) is 10.3. The third-order valence-electron chi connectivity index (χ3n) is 4.29. The maximum atomic E-state index is 10.7. The second kappa shape index (κ2) is 7.12. The van der Waals surface area contributed by atoms with Crippen LogP contribution in [0.1, 0.15) is 49.5 Å². The monoisotopic (exact) mass is 332 g/mol. The average molecular weight is 332 g/mol. The number of aryl methyl sites for hydroxylation is 1. The van der Waals surface area contributed by atoms with Crippen molar-refractivity contribution >= 4 is 17.4 Å². The summed E-state index contributed by atoms with van der Waals surface area (Å²) in [7, 11) is 0. The van der Waals surface area contributed by atoms with Gasteiger partial charge in [-0.2, -0.15) is 0 Å². The highest BCUT2D eigenvalue weighted by Gasteiger charge is 2.21. The molecule has 0 N–H and O–H groups in total. The zero-order valence-electron chi connectivity index (χ0n) is 13.1. The van der Waals surface area contributed by atoms with Crippen LogP contribution in [0, 0.1) is 17.0 Å². The Labute approximate surface area is 139 Å². The van der Waals surface area contributed by atoms with Crippen LogP contribution < -0.4 is 0 Å². The van der Waals surface area contributed by atoms with Crippen LogP contribution >= 0.6 is 11.8 Å². The standard InChI is InChI=1S/C16H20N4O2S/c1-12-17-18-16(19(12)14-5-3-2-4-6-14)23-11-13-7-9-15(10-8-13)20(21)22/h7-10,14H,2-6,11H2,1H3. The molecule has 0 atom stereocenters. The van der Waals surface area contributed by atoms with E-state index in [0.29, 0.717) is 6.04 Å². The molecule has 0 spiro atoms. The quantitative estimate of drug-likeness (QED) is 0.464. The smallest absolute Gasteiger partial charge is 0.269 e. The van der Waals surface area contributed by atoms with Gasteiger partial charge in [-0.25, -0.2) is 0 Å². The molecule has 7 heteroatoms. The van der Waals surface area contributed by atoms with Crippen LogP contribution in [0.15, 0.2) is 29.4 Å². The van der Waals surface area contributed by atoms with Crippen LogP contribution in [0.3, 0.4) is 0 Å². The number of nitro benzene ring substituents is 1. The van der Waals surface area contributed by atoms with E-state index in [-0.39, 0.29) is 10.6 Å². The number of rotatable bonds is 5. The molecule has 1 fully saturated rings. The van der Waals surface area contributed by atoms with Crippen molar-refractivity contribution in [3.05, 3.63) is 45.8 Å². The van der Waals surface area contributed by atoms with Gasteiger partial charge in [0.2, 0.25) is 0 Å². The fraction of sp³-hybridized carbons (Fsp3) is 0.500. The Kier molecular flexibility index (Phi) is 4.95. The van der Waals surface area contributed by atoms with E-state index in [1.165, 1.54) is 32.1 Å². The molecular formula is C16H20N4O2S. The second-order valence-electron chi connectivity index (χ2n) is 5.90. The molecule has 1 saturated carbocycles. The van der Waals surface area contributed by atoms with E-state index in [0.717, 1.165) is 22.3 Å². The van der Waals surface area contributed by atoms with Crippen molar-refractivity contribution in [2.45, 2.75) is 56.0 Å².